The van der Waals surface area contributed by atoms with Gasteiger partial charge in [0.25, 0.3) is 0 Å². The van der Waals surface area contributed by atoms with Crippen molar-refractivity contribution in [1.29, 1.82) is 0 Å². The summed E-state index contributed by atoms with van der Waals surface area (Å²) in [7, 11) is 6.06. The average molecular weight is 335 g/mol. The lowest BCUT2D eigenvalue weighted by Crippen LogP contribution is -2.41. The Hall–Kier alpha value is -1.93. The van der Waals surface area contributed by atoms with Gasteiger partial charge in [0.05, 0.1) is 6.04 Å². The van der Waals surface area contributed by atoms with Crippen LogP contribution in [-0.4, -0.2) is 52.8 Å². The fourth-order valence-electron chi connectivity index (χ4n) is 2.17. The predicted molar refractivity (Wildman–Crippen MR) is 94.6 cm³/mol. The van der Waals surface area contributed by atoms with Crippen LogP contribution in [0.5, 0.6) is 0 Å². The molecule has 0 radical (unpaired) electrons. The Balaban J connectivity index is 1.99. The van der Waals surface area contributed by atoms with Crippen molar-refractivity contribution in [3.63, 3.8) is 0 Å². The minimum absolute atomic E-state index is 0.314. The molecule has 1 unspecified atom stereocenters. The highest BCUT2D eigenvalue weighted by Gasteiger charge is 2.15. The van der Waals surface area contributed by atoms with E-state index in [1.807, 2.05) is 7.05 Å². The number of aryl methyl sites for hydroxylation is 1. The third kappa shape index (κ3) is 5.04. The van der Waals surface area contributed by atoms with Crippen LogP contribution in [0.4, 0.5) is 0 Å². The smallest absolute Gasteiger partial charge is 0.191 e. The molecule has 0 spiro atoms. The molecule has 2 aromatic rings. The zero-order valence-corrected chi connectivity index (χ0v) is 15.0. The second-order valence-corrected chi connectivity index (χ2v) is 6.35. The summed E-state index contributed by atoms with van der Waals surface area (Å²) in [5.41, 5.74) is 0. The topological polar surface area (TPSA) is 70.4 Å². The normalized spacial score (nSPS) is 13.3. The summed E-state index contributed by atoms with van der Waals surface area (Å²) in [6, 6.07) is 4.57. The van der Waals surface area contributed by atoms with E-state index in [4.69, 9.17) is 0 Å². The maximum absolute atomic E-state index is 4.59. The molecule has 0 amide bonds. The Morgan fingerprint density at radius 1 is 1.43 bits per heavy atom. The molecule has 0 fully saturated rings. The lowest BCUT2D eigenvalue weighted by atomic mass is 10.2. The van der Waals surface area contributed by atoms with E-state index < -0.39 is 0 Å². The second kappa shape index (κ2) is 8.64. The van der Waals surface area contributed by atoms with Crippen molar-refractivity contribution in [2.45, 2.75) is 19.5 Å². The van der Waals surface area contributed by atoms with Gasteiger partial charge in [-0.1, -0.05) is 6.07 Å². The molecule has 8 heteroatoms. The maximum atomic E-state index is 4.59. The zero-order valence-electron chi connectivity index (χ0n) is 14.2. The summed E-state index contributed by atoms with van der Waals surface area (Å²) in [6.07, 6.45) is 1.55. The van der Waals surface area contributed by atoms with Gasteiger partial charge in [-0.25, -0.2) is 9.98 Å². The molecule has 126 valence electrons. The van der Waals surface area contributed by atoms with Crippen LogP contribution in [0, 0.1) is 0 Å². The quantitative estimate of drug-likeness (QED) is 0.588. The third-order valence-corrected chi connectivity index (χ3v) is 4.46. The molecule has 2 heterocycles. The van der Waals surface area contributed by atoms with Crippen molar-refractivity contribution in [1.82, 2.24) is 30.3 Å². The minimum Gasteiger partial charge on any atom is -0.357 e. The molecule has 23 heavy (non-hydrogen) atoms. The van der Waals surface area contributed by atoms with Crippen LogP contribution in [0.3, 0.4) is 0 Å². The number of nitrogens with one attached hydrogen (secondary N) is 2. The van der Waals surface area contributed by atoms with Gasteiger partial charge >= 0.3 is 0 Å². The summed E-state index contributed by atoms with van der Waals surface area (Å²) in [6.45, 7) is 4.16. The van der Waals surface area contributed by atoms with Gasteiger partial charge in [-0.2, -0.15) is 5.10 Å². The maximum Gasteiger partial charge on any atom is 0.191 e. The number of likely N-dealkylation sites (N-methyl/N-ethyl adjacent to an activating group) is 1. The Kier molecular flexibility index (Phi) is 6.54. The SMILES string of the molecule is CCNC(=NCc1ncnn1C)NCC(c1cccs1)N(C)C. The fraction of sp³-hybridized carbons (Fsp3) is 0.533. The molecule has 2 N–H and O–H groups in total. The van der Waals surface area contributed by atoms with E-state index in [0.29, 0.717) is 12.6 Å². The van der Waals surface area contributed by atoms with Crippen molar-refractivity contribution in [2.75, 3.05) is 27.2 Å². The fourth-order valence-corrected chi connectivity index (χ4v) is 3.09. The van der Waals surface area contributed by atoms with E-state index in [1.165, 1.54) is 4.88 Å². The number of aromatic nitrogens is 3. The summed E-state index contributed by atoms with van der Waals surface area (Å²) >= 11 is 1.77. The van der Waals surface area contributed by atoms with E-state index in [9.17, 15) is 0 Å². The monoisotopic (exact) mass is 335 g/mol. The molecule has 2 rings (SSSR count). The third-order valence-electron chi connectivity index (χ3n) is 3.49. The largest absolute Gasteiger partial charge is 0.357 e. The molecule has 0 aromatic carbocycles. The molecule has 0 aliphatic heterocycles. The standard InChI is InChI=1S/C15H25N7S/c1-5-16-15(18-10-14-19-11-20-22(14)4)17-9-12(21(2)3)13-7-6-8-23-13/h6-8,11-12H,5,9-10H2,1-4H3,(H2,16,17,18). The first-order valence-corrected chi connectivity index (χ1v) is 8.54. The molecular weight excluding hydrogens is 310 g/mol. The minimum atomic E-state index is 0.314. The first-order chi connectivity index (χ1) is 11.1. The summed E-state index contributed by atoms with van der Waals surface area (Å²) < 4.78 is 1.74. The number of nitrogens with zero attached hydrogens (tertiary/aromatic N) is 5. The predicted octanol–water partition coefficient (Wildman–Crippen LogP) is 1.23. The number of aliphatic imine (C=N–C) groups is 1. The summed E-state index contributed by atoms with van der Waals surface area (Å²) in [5.74, 6) is 1.63. The van der Waals surface area contributed by atoms with Crippen molar-refractivity contribution in [3.8, 4) is 0 Å². The van der Waals surface area contributed by atoms with E-state index in [-0.39, 0.29) is 0 Å². The van der Waals surface area contributed by atoms with Gasteiger partial charge < -0.3 is 15.5 Å². The lowest BCUT2D eigenvalue weighted by Gasteiger charge is -2.24. The number of hydrogen-bond acceptors (Lipinski definition) is 5. The van der Waals surface area contributed by atoms with Crippen LogP contribution >= 0.6 is 11.3 Å². The van der Waals surface area contributed by atoms with Crippen LogP contribution in [0.15, 0.2) is 28.8 Å². The number of rotatable bonds is 7. The van der Waals surface area contributed by atoms with Crippen LogP contribution in [0.2, 0.25) is 0 Å². The molecule has 0 saturated carbocycles. The molecule has 0 saturated heterocycles. The van der Waals surface area contributed by atoms with E-state index >= 15 is 0 Å². The molecular formula is C15H25N7S. The second-order valence-electron chi connectivity index (χ2n) is 5.37. The summed E-state index contributed by atoms with van der Waals surface area (Å²) in [5, 5.41) is 12.9. The van der Waals surface area contributed by atoms with Gasteiger partial charge in [-0.05, 0) is 32.5 Å². The lowest BCUT2D eigenvalue weighted by molar-refractivity contribution is 0.302. The number of thiophene rings is 1. The molecule has 7 nitrogen and oxygen atoms in total. The first-order valence-electron chi connectivity index (χ1n) is 7.66. The van der Waals surface area contributed by atoms with Gasteiger partial charge in [0.15, 0.2) is 5.96 Å². The number of hydrogen-bond donors (Lipinski definition) is 2. The zero-order chi connectivity index (χ0) is 16.7. The van der Waals surface area contributed by atoms with Crippen LogP contribution in [0.25, 0.3) is 0 Å². The summed E-state index contributed by atoms with van der Waals surface area (Å²) in [4.78, 5) is 12.3. The van der Waals surface area contributed by atoms with Crippen LogP contribution in [-0.2, 0) is 13.6 Å². The van der Waals surface area contributed by atoms with Gasteiger partial charge in [-0.15, -0.1) is 11.3 Å². The van der Waals surface area contributed by atoms with E-state index in [0.717, 1.165) is 24.9 Å². The van der Waals surface area contributed by atoms with Crippen molar-refractivity contribution in [3.05, 3.63) is 34.5 Å². The van der Waals surface area contributed by atoms with Gasteiger partial charge in [0, 0.05) is 25.0 Å². The molecule has 2 aromatic heterocycles. The van der Waals surface area contributed by atoms with Crippen LogP contribution < -0.4 is 10.6 Å². The van der Waals surface area contributed by atoms with Crippen molar-refractivity contribution >= 4 is 17.3 Å². The first kappa shape index (κ1) is 17.4. The average Bonchev–Trinajstić information content (AvgIpc) is 3.16. The highest BCUT2D eigenvalue weighted by molar-refractivity contribution is 7.10. The van der Waals surface area contributed by atoms with Crippen molar-refractivity contribution in [2.24, 2.45) is 12.0 Å². The Morgan fingerprint density at radius 2 is 2.26 bits per heavy atom. The highest BCUT2D eigenvalue weighted by atomic mass is 32.1. The van der Waals surface area contributed by atoms with Gasteiger partial charge in [0.2, 0.25) is 0 Å². The molecule has 0 bridgehead atoms. The molecule has 0 aliphatic rings. The van der Waals surface area contributed by atoms with Gasteiger partial charge in [-0.3, -0.25) is 4.68 Å². The van der Waals surface area contributed by atoms with Crippen molar-refractivity contribution < 1.29 is 0 Å². The highest BCUT2D eigenvalue weighted by Crippen LogP contribution is 2.22. The molecule has 1 atom stereocenters. The van der Waals surface area contributed by atoms with Gasteiger partial charge in [0.1, 0.15) is 18.7 Å². The Labute approximate surface area is 141 Å². The Bertz CT molecular complexity index is 603. The van der Waals surface area contributed by atoms with E-state index in [1.54, 1.807) is 22.3 Å². The van der Waals surface area contributed by atoms with Crippen LogP contribution in [0.1, 0.15) is 23.7 Å². The molecule has 0 aliphatic carbocycles. The van der Waals surface area contributed by atoms with E-state index in [2.05, 4.69) is 69.1 Å². The Morgan fingerprint density at radius 3 is 2.83 bits per heavy atom. The number of guanidine groups is 1.